The van der Waals surface area contributed by atoms with Crippen LogP contribution in [-0.2, 0) is 20.9 Å². The Morgan fingerprint density at radius 2 is 2.39 bits per heavy atom. The highest BCUT2D eigenvalue weighted by atomic mass is 16.2. The normalized spacial score (nSPS) is 19.4. The highest BCUT2D eigenvalue weighted by molar-refractivity contribution is 6.01. The molecule has 18 heavy (non-hydrogen) atoms. The summed E-state index contributed by atoms with van der Waals surface area (Å²) in [7, 11) is 0. The van der Waals surface area contributed by atoms with Crippen molar-refractivity contribution < 1.29 is 14.4 Å². The van der Waals surface area contributed by atoms with E-state index in [4.69, 9.17) is 0 Å². The maximum absolute atomic E-state index is 11.6. The molecule has 1 aromatic rings. The number of nitrogens with zero attached hydrogens (tertiary/aromatic N) is 3. The molecule has 1 saturated heterocycles. The maximum atomic E-state index is 11.6. The zero-order chi connectivity index (χ0) is 13.0. The van der Waals surface area contributed by atoms with Crippen molar-refractivity contribution in [2.75, 3.05) is 0 Å². The molecule has 0 aromatic carbocycles. The Bertz CT molecular complexity index is 456. The molecule has 0 radical (unpaired) electrons. The van der Waals surface area contributed by atoms with E-state index >= 15 is 0 Å². The van der Waals surface area contributed by atoms with Gasteiger partial charge in [0.1, 0.15) is 18.7 Å². The van der Waals surface area contributed by atoms with Gasteiger partial charge in [-0.2, -0.15) is 5.10 Å². The van der Waals surface area contributed by atoms with Crippen LogP contribution in [0.5, 0.6) is 0 Å². The molecule has 96 valence electrons. The smallest absolute Gasteiger partial charge is 0.249 e. The first-order valence-corrected chi connectivity index (χ1v) is 5.60. The minimum absolute atomic E-state index is 0.209. The van der Waals surface area contributed by atoms with Crippen LogP contribution < -0.4 is 10.6 Å². The summed E-state index contributed by atoms with van der Waals surface area (Å²) < 4.78 is 1.53. The van der Waals surface area contributed by atoms with Crippen LogP contribution in [-0.4, -0.2) is 38.5 Å². The second-order valence-electron chi connectivity index (χ2n) is 3.98. The number of aryl methyl sites for hydroxylation is 1. The van der Waals surface area contributed by atoms with Crippen LogP contribution in [0.15, 0.2) is 12.7 Å². The van der Waals surface area contributed by atoms with Gasteiger partial charge >= 0.3 is 0 Å². The zero-order valence-corrected chi connectivity index (χ0v) is 9.63. The fourth-order valence-electron chi connectivity index (χ4n) is 1.66. The molecule has 0 saturated carbocycles. The average Bonchev–Trinajstić information content (AvgIpc) is 2.83. The fraction of sp³-hybridized carbons (Fsp3) is 0.500. The quantitative estimate of drug-likeness (QED) is 0.639. The first-order chi connectivity index (χ1) is 8.65. The van der Waals surface area contributed by atoms with Crippen molar-refractivity contribution in [1.29, 1.82) is 0 Å². The molecule has 1 aliphatic heterocycles. The topological polar surface area (TPSA) is 106 Å². The molecule has 0 aliphatic carbocycles. The van der Waals surface area contributed by atoms with Gasteiger partial charge in [0.2, 0.25) is 17.7 Å². The number of hydrogen-bond donors (Lipinski definition) is 2. The molecule has 1 aromatic heterocycles. The second-order valence-corrected chi connectivity index (χ2v) is 3.98. The van der Waals surface area contributed by atoms with Gasteiger partial charge < -0.3 is 5.32 Å². The third-order valence-corrected chi connectivity index (χ3v) is 2.61. The van der Waals surface area contributed by atoms with Gasteiger partial charge in [0.15, 0.2) is 0 Å². The Hall–Kier alpha value is -2.25. The zero-order valence-electron chi connectivity index (χ0n) is 9.63. The van der Waals surface area contributed by atoms with Gasteiger partial charge in [0, 0.05) is 12.8 Å². The molecule has 1 unspecified atom stereocenters. The van der Waals surface area contributed by atoms with E-state index in [1.54, 1.807) is 0 Å². The lowest BCUT2D eigenvalue weighted by Gasteiger charge is -2.21. The molecule has 3 amide bonds. The lowest BCUT2D eigenvalue weighted by Crippen LogP contribution is -2.52. The fourth-order valence-corrected chi connectivity index (χ4v) is 1.66. The first-order valence-electron chi connectivity index (χ1n) is 5.60. The summed E-state index contributed by atoms with van der Waals surface area (Å²) in [6, 6.07) is -0.619. The number of imide groups is 1. The summed E-state index contributed by atoms with van der Waals surface area (Å²) in [5, 5.41) is 8.63. The molecule has 2 heterocycles. The molecule has 0 spiro atoms. The molecule has 1 fully saturated rings. The number of hydrogen-bond acceptors (Lipinski definition) is 5. The largest absolute Gasteiger partial charge is 0.344 e. The van der Waals surface area contributed by atoms with E-state index in [0.29, 0.717) is 13.0 Å². The highest BCUT2D eigenvalue weighted by Crippen LogP contribution is 2.04. The lowest BCUT2D eigenvalue weighted by molar-refractivity contribution is -0.137. The average molecular weight is 251 g/mol. The van der Waals surface area contributed by atoms with E-state index in [2.05, 4.69) is 20.7 Å². The summed E-state index contributed by atoms with van der Waals surface area (Å²) in [6.07, 6.45) is 3.71. The van der Waals surface area contributed by atoms with Crippen LogP contribution in [0.1, 0.15) is 19.3 Å². The predicted octanol–water partition coefficient (Wildman–Crippen LogP) is -1.41. The molecule has 2 rings (SSSR count). The molecule has 0 bridgehead atoms. The Morgan fingerprint density at radius 3 is 3.06 bits per heavy atom. The van der Waals surface area contributed by atoms with E-state index in [-0.39, 0.29) is 24.7 Å². The van der Waals surface area contributed by atoms with Crippen molar-refractivity contribution in [2.24, 2.45) is 0 Å². The second kappa shape index (κ2) is 5.39. The van der Waals surface area contributed by atoms with Crippen molar-refractivity contribution in [3.05, 3.63) is 12.7 Å². The maximum Gasteiger partial charge on any atom is 0.249 e. The van der Waals surface area contributed by atoms with Gasteiger partial charge in [-0.25, -0.2) is 4.98 Å². The number of amides is 3. The van der Waals surface area contributed by atoms with Crippen molar-refractivity contribution >= 4 is 17.7 Å². The summed E-state index contributed by atoms with van der Waals surface area (Å²) in [5.74, 6) is -0.992. The van der Waals surface area contributed by atoms with Crippen molar-refractivity contribution in [1.82, 2.24) is 25.4 Å². The summed E-state index contributed by atoms with van der Waals surface area (Å²) in [5.41, 5.74) is 0. The minimum Gasteiger partial charge on any atom is -0.344 e. The van der Waals surface area contributed by atoms with Crippen LogP contribution in [0.2, 0.25) is 0 Å². The summed E-state index contributed by atoms with van der Waals surface area (Å²) >= 11 is 0. The number of carbonyl (C=O) groups excluding carboxylic acids is 3. The Kier molecular flexibility index (Phi) is 3.66. The molecule has 2 N–H and O–H groups in total. The number of rotatable bonds is 4. The van der Waals surface area contributed by atoms with E-state index < -0.39 is 11.9 Å². The number of aromatic nitrogens is 3. The van der Waals surface area contributed by atoms with Crippen molar-refractivity contribution in [3.8, 4) is 0 Å². The van der Waals surface area contributed by atoms with Gasteiger partial charge in [-0.05, 0) is 6.42 Å². The lowest BCUT2D eigenvalue weighted by atomic mass is 10.1. The third-order valence-electron chi connectivity index (χ3n) is 2.61. The standard InChI is InChI=1S/C10H13N5O3/c16-8-2-1-7(10(18)14-8)13-9(17)3-4-15-6-11-5-12-15/h5-7H,1-4H2,(H,13,17)(H,14,16,18). The van der Waals surface area contributed by atoms with Crippen LogP contribution in [0.25, 0.3) is 0 Å². The van der Waals surface area contributed by atoms with Crippen LogP contribution in [0, 0.1) is 0 Å². The Labute approximate surface area is 103 Å². The number of nitrogens with one attached hydrogen (secondary N) is 2. The Morgan fingerprint density at radius 1 is 1.56 bits per heavy atom. The minimum atomic E-state index is -0.619. The van der Waals surface area contributed by atoms with Gasteiger partial charge in [0.25, 0.3) is 0 Å². The van der Waals surface area contributed by atoms with Crippen LogP contribution in [0.4, 0.5) is 0 Å². The Balaban J connectivity index is 1.77. The van der Waals surface area contributed by atoms with E-state index in [1.807, 2.05) is 0 Å². The summed E-state index contributed by atoms with van der Waals surface area (Å²) in [6.45, 7) is 0.402. The van der Waals surface area contributed by atoms with Gasteiger partial charge in [-0.3, -0.25) is 24.4 Å². The van der Waals surface area contributed by atoms with Crippen molar-refractivity contribution in [2.45, 2.75) is 31.8 Å². The van der Waals surface area contributed by atoms with Gasteiger partial charge in [-0.1, -0.05) is 0 Å². The molecule has 1 aliphatic rings. The molecule has 8 nitrogen and oxygen atoms in total. The first kappa shape index (κ1) is 12.2. The van der Waals surface area contributed by atoms with Crippen molar-refractivity contribution in [3.63, 3.8) is 0 Å². The van der Waals surface area contributed by atoms with Crippen LogP contribution in [0.3, 0.4) is 0 Å². The van der Waals surface area contributed by atoms with E-state index in [0.717, 1.165) is 0 Å². The van der Waals surface area contributed by atoms with E-state index in [1.165, 1.54) is 17.3 Å². The van der Waals surface area contributed by atoms with Gasteiger partial charge in [-0.15, -0.1) is 0 Å². The SMILES string of the molecule is O=C1CCC(NC(=O)CCn2cncn2)C(=O)N1. The summed E-state index contributed by atoms with van der Waals surface area (Å²) in [4.78, 5) is 37.7. The molecular formula is C10H13N5O3. The monoisotopic (exact) mass is 251 g/mol. The highest BCUT2D eigenvalue weighted by Gasteiger charge is 2.27. The molecular weight excluding hydrogens is 238 g/mol. The van der Waals surface area contributed by atoms with E-state index in [9.17, 15) is 14.4 Å². The molecule has 1 atom stereocenters. The third kappa shape index (κ3) is 3.12. The molecule has 8 heteroatoms. The number of piperidine rings is 1. The number of carbonyl (C=O) groups is 3. The van der Waals surface area contributed by atoms with Gasteiger partial charge in [0.05, 0.1) is 6.54 Å². The predicted molar refractivity (Wildman–Crippen MR) is 59.0 cm³/mol. The van der Waals surface area contributed by atoms with Crippen LogP contribution >= 0.6 is 0 Å².